The second-order valence-corrected chi connectivity index (χ2v) is 7.99. The van der Waals surface area contributed by atoms with Crippen LogP contribution in [0.2, 0.25) is 0 Å². The fraction of sp³-hybridized carbons (Fsp3) is 0.429. The summed E-state index contributed by atoms with van der Waals surface area (Å²) in [6, 6.07) is 13.1. The van der Waals surface area contributed by atoms with Crippen LogP contribution in [-0.4, -0.2) is 54.3 Å². The van der Waals surface area contributed by atoms with Gasteiger partial charge < -0.3 is 10.6 Å². The first-order valence-electron chi connectivity index (χ1n) is 9.71. The minimum Gasteiger partial charge on any atom is -0.356 e. The van der Waals surface area contributed by atoms with E-state index in [9.17, 15) is 4.39 Å². The number of halogens is 2. The van der Waals surface area contributed by atoms with Gasteiger partial charge in [0.1, 0.15) is 5.82 Å². The zero-order valence-corrected chi connectivity index (χ0v) is 19.8. The summed E-state index contributed by atoms with van der Waals surface area (Å²) in [4.78, 5) is 12.3. The van der Waals surface area contributed by atoms with E-state index in [-0.39, 0.29) is 29.8 Å². The van der Waals surface area contributed by atoms with E-state index in [1.807, 2.05) is 30.5 Å². The van der Waals surface area contributed by atoms with Crippen molar-refractivity contribution in [2.75, 3.05) is 32.4 Å². The summed E-state index contributed by atoms with van der Waals surface area (Å²) in [5.74, 6) is 1.55. The van der Waals surface area contributed by atoms with Gasteiger partial charge in [-0.1, -0.05) is 6.07 Å². The lowest BCUT2D eigenvalue weighted by molar-refractivity contribution is 0.196. The molecule has 1 saturated heterocycles. The van der Waals surface area contributed by atoms with Crippen molar-refractivity contribution in [1.82, 2.24) is 20.5 Å². The van der Waals surface area contributed by atoms with E-state index in [1.165, 1.54) is 12.1 Å². The van der Waals surface area contributed by atoms with E-state index in [2.05, 4.69) is 31.6 Å². The lowest BCUT2D eigenvalue weighted by Gasteiger charge is -2.32. The van der Waals surface area contributed by atoms with Crippen LogP contribution in [0.15, 0.2) is 58.5 Å². The largest absolute Gasteiger partial charge is 0.356 e. The second kappa shape index (κ2) is 13.0. The number of nitrogens with zero attached hydrogens (tertiary/aromatic N) is 3. The molecule has 0 amide bonds. The molecule has 1 aromatic heterocycles. The first-order valence-corrected chi connectivity index (χ1v) is 10.7. The molecule has 29 heavy (non-hydrogen) atoms. The highest BCUT2D eigenvalue weighted by Gasteiger charge is 2.20. The number of hydrogen-bond acceptors (Lipinski definition) is 4. The Morgan fingerprint density at radius 2 is 1.97 bits per heavy atom. The molecule has 0 radical (unpaired) electrons. The molecule has 1 aliphatic rings. The summed E-state index contributed by atoms with van der Waals surface area (Å²) in [6.45, 7) is 3.85. The van der Waals surface area contributed by atoms with Crippen LogP contribution in [0.25, 0.3) is 0 Å². The SMILES string of the molecule is CN=C(NCCSc1ccc(F)cc1)NC1CCN(Cc2ccccn2)CC1.I. The van der Waals surface area contributed by atoms with E-state index in [1.54, 1.807) is 18.8 Å². The smallest absolute Gasteiger partial charge is 0.191 e. The monoisotopic (exact) mass is 529 g/mol. The van der Waals surface area contributed by atoms with Crippen LogP contribution in [0.4, 0.5) is 4.39 Å². The van der Waals surface area contributed by atoms with E-state index in [0.29, 0.717) is 6.04 Å². The van der Waals surface area contributed by atoms with Gasteiger partial charge in [-0.15, -0.1) is 35.7 Å². The highest BCUT2D eigenvalue weighted by molar-refractivity contribution is 14.0. The minimum absolute atomic E-state index is 0. The number of pyridine rings is 1. The molecule has 0 saturated carbocycles. The van der Waals surface area contributed by atoms with Gasteiger partial charge in [-0.25, -0.2) is 4.39 Å². The highest BCUT2D eigenvalue weighted by atomic mass is 127. The third-order valence-corrected chi connectivity index (χ3v) is 5.75. The minimum atomic E-state index is -0.196. The summed E-state index contributed by atoms with van der Waals surface area (Å²) in [7, 11) is 1.80. The van der Waals surface area contributed by atoms with Crippen molar-refractivity contribution in [2.45, 2.75) is 30.3 Å². The Labute approximate surface area is 194 Å². The lowest BCUT2D eigenvalue weighted by Crippen LogP contribution is -2.48. The van der Waals surface area contributed by atoms with Crippen molar-refractivity contribution in [3.05, 3.63) is 60.2 Å². The molecule has 1 fully saturated rings. The maximum atomic E-state index is 12.9. The van der Waals surface area contributed by atoms with Gasteiger partial charge in [0.05, 0.1) is 5.69 Å². The Balaban J connectivity index is 0.00000300. The predicted molar refractivity (Wildman–Crippen MR) is 130 cm³/mol. The average Bonchev–Trinajstić information content (AvgIpc) is 2.73. The first kappa shape index (κ1) is 23.9. The number of nitrogens with one attached hydrogen (secondary N) is 2. The van der Waals surface area contributed by atoms with Gasteiger partial charge in [0.15, 0.2) is 5.96 Å². The van der Waals surface area contributed by atoms with Crippen molar-refractivity contribution in [3.63, 3.8) is 0 Å². The van der Waals surface area contributed by atoms with Gasteiger partial charge in [-0.05, 0) is 49.2 Å². The van der Waals surface area contributed by atoms with Crippen molar-refractivity contribution < 1.29 is 4.39 Å². The molecule has 2 heterocycles. The quantitative estimate of drug-likeness (QED) is 0.188. The molecule has 1 aromatic carbocycles. The molecule has 0 unspecified atom stereocenters. The Morgan fingerprint density at radius 1 is 1.21 bits per heavy atom. The number of aliphatic imine (C=N–C) groups is 1. The predicted octanol–water partition coefficient (Wildman–Crippen LogP) is 3.76. The molecule has 158 valence electrons. The molecule has 2 aromatic rings. The molecule has 3 rings (SSSR count). The van der Waals surface area contributed by atoms with Gasteiger partial charge in [0.25, 0.3) is 0 Å². The van der Waals surface area contributed by atoms with Crippen molar-refractivity contribution in [2.24, 2.45) is 4.99 Å². The van der Waals surface area contributed by atoms with Gasteiger partial charge in [-0.2, -0.15) is 0 Å². The zero-order valence-electron chi connectivity index (χ0n) is 16.7. The Hall–Kier alpha value is -1.39. The number of rotatable bonds is 7. The lowest BCUT2D eigenvalue weighted by atomic mass is 10.1. The molecule has 1 aliphatic heterocycles. The van der Waals surface area contributed by atoms with Crippen molar-refractivity contribution >= 4 is 41.7 Å². The topological polar surface area (TPSA) is 52.6 Å². The molecular formula is C21H29FIN5S. The van der Waals surface area contributed by atoms with Crippen LogP contribution < -0.4 is 10.6 Å². The van der Waals surface area contributed by atoms with E-state index in [4.69, 9.17) is 0 Å². The maximum absolute atomic E-state index is 12.9. The van der Waals surface area contributed by atoms with Crippen LogP contribution in [0.5, 0.6) is 0 Å². The molecule has 0 spiro atoms. The first-order chi connectivity index (χ1) is 13.7. The Bertz CT molecular complexity index is 736. The van der Waals surface area contributed by atoms with Gasteiger partial charge in [-0.3, -0.25) is 14.9 Å². The number of likely N-dealkylation sites (tertiary alicyclic amines) is 1. The number of hydrogen-bond donors (Lipinski definition) is 2. The van der Waals surface area contributed by atoms with Crippen molar-refractivity contribution in [1.29, 1.82) is 0 Å². The summed E-state index contributed by atoms with van der Waals surface area (Å²) >= 11 is 1.70. The summed E-state index contributed by atoms with van der Waals surface area (Å²) in [6.07, 6.45) is 4.05. The van der Waals surface area contributed by atoms with Crippen LogP contribution in [-0.2, 0) is 6.54 Å². The third kappa shape index (κ3) is 8.47. The number of guanidine groups is 1. The average molecular weight is 529 g/mol. The Morgan fingerprint density at radius 3 is 2.62 bits per heavy atom. The van der Waals surface area contributed by atoms with Gasteiger partial charge >= 0.3 is 0 Å². The number of aromatic nitrogens is 1. The number of benzene rings is 1. The highest BCUT2D eigenvalue weighted by Crippen LogP contribution is 2.17. The van der Waals surface area contributed by atoms with Crippen molar-refractivity contribution in [3.8, 4) is 0 Å². The maximum Gasteiger partial charge on any atom is 0.191 e. The molecule has 0 aliphatic carbocycles. The van der Waals surface area contributed by atoms with Crippen LogP contribution in [0.3, 0.4) is 0 Å². The fourth-order valence-electron chi connectivity index (χ4n) is 3.21. The third-order valence-electron chi connectivity index (χ3n) is 4.74. The fourth-order valence-corrected chi connectivity index (χ4v) is 3.98. The molecule has 0 atom stereocenters. The van der Waals surface area contributed by atoms with Gasteiger partial charge in [0.2, 0.25) is 0 Å². The van der Waals surface area contributed by atoms with E-state index >= 15 is 0 Å². The molecule has 0 bridgehead atoms. The van der Waals surface area contributed by atoms with Gasteiger partial charge in [0, 0.05) is 56.1 Å². The second-order valence-electron chi connectivity index (χ2n) is 6.82. The molecule has 5 nitrogen and oxygen atoms in total. The number of piperidine rings is 1. The normalized spacial score (nSPS) is 15.6. The number of thioether (sulfide) groups is 1. The summed E-state index contributed by atoms with van der Waals surface area (Å²) in [5, 5.41) is 6.90. The summed E-state index contributed by atoms with van der Waals surface area (Å²) in [5.41, 5.74) is 1.13. The van der Waals surface area contributed by atoms with Crippen LogP contribution >= 0.6 is 35.7 Å². The Kier molecular flexibility index (Phi) is 10.7. The molecule has 2 N–H and O–H groups in total. The van der Waals surface area contributed by atoms with Crippen LogP contribution in [0, 0.1) is 5.82 Å². The summed E-state index contributed by atoms with van der Waals surface area (Å²) < 4.78 is 12.9. The van der Waals surface area contributed by atoms with Crippen LogP contribution in [0.1, 0.15) is 18.5 Å². The van der Waals surface area contributed by atoms with E-state index < -0.39 is 0 Å². The zero-order chi connectivity index (χ0) is 19.6. The standard InChI is InChI=1S/C21H28FN5S.HI/c1-23-21(25-12-15-28-20-7-5-17(22)6-8-20)26-18-9-13-27(14-10-18)16-19-4-2-3-11-24-19;/h2-8,11,18H,9-10,12-16H2,1H3,(H2,23,25,26);1H. The van der Waals surface area contributed by atoms with E-state index in [0.717, 1.165) is 61.3 Å². The molecule has 8 heteroatoms. The molecular weight excluding hydrogens is 500 g/mol.